The van der Waals surface area contributed by atoms with Gasteiger partial charge in [-0.05, 0) is 19.1 Å². The van der Waals surface area contributed by atoms with Crippen LogP contribution in [-0.2, 0) is 6.54 Å². The van der Waals surface area contributed by atoms with Gasteiger partial charge in [0.15, 0.2) is 0 Å². The van der Waals surface area contributed by atoms with E-state index in [2.05, 4.69) is 0 Å². The molecule has 0 amide bonds. The molecule has 0 aliphatic rings. The van der Waals surface area contributed by atoms with Crippen LogP contribution in [0.5, 0.6) is 0 Å². The summed E-state index contributed by atoms with van der Waals surface area (Å²) in [5.74, 6) is 0.151. The molecule has 6 heteroatoms. The van der Waals surface area contributed by atoms with Crippen LogP contribution in [0, 0.1) is 22.9 Å². The van der Waals surface area contributed by atoms with Crippen LogP contribution in [-0.4, -0.2) is 12.0 Å². The molecule has 0 radical (unpaired) electrons. The van der Waals surface area contributed by atoms with Crippen molar-refractivity contribution in [3.05, 3.63) is 57.8 Å². The second-order valence-corrected chi connectivity index (χ2v) is 4.28. The molecule has 1 aromatic carbocycles. The largest absolute Gasteiger partial charge is 0.469 e. The second-order valence-electron chi connectivity index (χ2n) is 4.28. The molecule has 2 rings (SSSR count). The Balaban J connectivity index is 2.26. The Morgan fingerprint density at radius 1 is 1.42 bits per heavy atom. The average Bonchev–Trinajstić information content (AvgIpc) is 2.74. The zero-order chi connectivity index (χ0) is 14.0. The maximum absolute atomic E-state index is 13.4. The number of rotatable bonds is 4. The SMILES string of the molecule is Cc1occc1CN(C)c1cc(F)cc([N+](=O)[O-])c1. The molecule has 0 fully saturated rings. The van der Waals surface area contributed by atoms with Gasteiger partial charge in [0.25, 0.3) is 5.69 Å². The predicted molar refractivity (Wildman–Crippen MR) is 68.6 cm³/mol. The van der Waals surface area contributed by atoms with Gasteiger partial charge < -0.3 is 9.32 Å². The fourth-order valence-corrected chi connectivity index (χ4v) is 1.81. The van der Waals surface area contributed by atoms with Crippen molar-refractivity contribution in [2.75, 3.05) is 11.9 Å². The Hall–Kier alpha value is -2.37. The number of hydrogen-bond acceptors (Lipinski definition) is 4. The van der Waals surface area contributed by atoms with Gasteiger partial charge in [0.1, 0.15) is 11.6 Å². The number of halogens is 1. The number of non-ortho nitro benzene ring substituents is 1. The van der Waals surface area contributed by atoms with Gasteiger partial charge in [0, 0.05) is 30.9 Å². The first-order valence-electron chi connectivity index (χ1n) is 5.66. The van der Waals surface area contributed by atoms with Crippen LogP contribution in [0.3, 0.4) is 0 Å². The summed E-state index contributed by atoms with van der Waals surface area (Å²) in [6, 6.07) is 5.33. The standard InChI is InChI=1S/C13H13FN2O3/c1-9-10(3-4-19-9)8-15(2)12-5-11(14)6-13(7-12)16(17)18/h3-7H,8H2,1-2H3. The molecule has 0 spiro atoms. The summed E-state index contributed by atoms with van der Waals surface area (Å²) in [4.78, 5) is 11.8. The molecule has 1 heterocycles. The normalized spacial score (nSPS) is 10.5. The monoisotopic (exact) mass is 264 g/mol. The summed E-state index contributed by atoms with van der Waals surface area (Å²) in [7, 11) is 1.74. The van der Waals surface area contributed by atoms with E-state index in [0.29, 0.717) is 12.2 Å². The van der Waals surface area contributed by atoms with Gasteiger partial charge >= 0.3 is 0 Å². The average molecular weight is 264 g/mol. The predicted octanol–water partition coefficient (Wildman–Crippen LogP) is 3.27. The van der Waals surface area contributed by atoms with E-state index in [0.717, 1.165) is 17.4 Å². The van der Waals surface area contributed by atoms with Crippen molar-refractivity contribution in [1.82, 2.24) is 0 Å². The molecule has 0 unspecified atom stereocenters. The molecule has 19 heavy (non-hydrogen) atoms. The molecule has 0 aliphatic heterocycles. The number of anilines is 1. The minimum absolute atomic E-state index is 0.259. The molecule has 2 aromatic rings. The van der Waals surface area contributed by atoms with Crippen molar-refractivity contribution in [3.63, 3.8) is 0 Å². The topological polar surface area (TPSA) is 59.5 Å². The molecule has 0 bridgehead atoms. The van der Waals surface area contributed by atoms with Crippen LogP contribution in [0.4, 0.5) is 15.8 Å². The van der Waals surface area contributed by atoms with Gasteiger partial charge in [-0.25, -0.2) is 4.39 Å². The molecule has 0 aliphatic carbocycles. The number of nitro groups is 1. The molecule has 5 nitrogen and oxygen atoms in total. The second kappa shape index (κ2) is 5.09. The van der Waals surface area contributed by atoms with Crippen molar-refractivity contribution in [3.8, 4) is 0 Å². The summed E-state index contributed by atoms with van der Waals surface area (Å²) in [6.45, 7) is 2.32. The van der Waals surface area contributed by atoms with Gasteiger partial charge in [0.05, 0.1) is 17.3 Å². The van der Waals surface area contributed by atoms with Crippen molar-refractivity contribution in [1.29, 1.82) is 0 Å². The smallest absolute Gasteiger partial charge is 0.274 e. The lowest BCUT2D eigenvalue weighted by Gasteiger charge is -2.18. The highest BCUT2D eigenvalue weighted by molar-refractivity contribution is 5.53. The fourth-order valence-electron chi connectivity index (χ4n) is 1.81. The fraction of sp³-hybridized carbons (Fsp3) is 0.231. The van der Waals surface area contributed by atoms with E-state index in [1.54, 1.807) is 18.2 Å². The Morgan fingerprint density at radius 2 is 2.16 bits per heavy atom. The van der Waals surface area contributed by atoms with E-state index in [-0.39, 0.29) is 5.69 Å². The maximum Gasteiger partial charge on any atom is 0.274 e. The Morgan fingerprint density at radius 3 is 2.74 bits per heavy atom. The highest BCUT2D eigenvalue weighted by Gasteiger charge is 2.13. The van der Waals surface area contributed by atoms with Crippen LogP contribution >= 0.6 is 0 Å². The van der Waals surface area contributed by atoms with Gasteiger partial charge in [-0.2, -0.15) is 0 Å². The van der Waals surface area contributed by atoms with Gasteiger partial charge in [-0.1, -0.05) is 0 Å². The Labute approximate surface area is 109 Å². The van der Waals surface area contributed by atoms with Gasteiger partial charge in [-0.15, -0.1) is 0 Å². The molecule has 0 saturated carbocycles. The van der Waals surface area contributed by atoms with E-state index in [9.17, 15) is 14.5 Å². The lowest BCUT2D eigenvalue weighted by atomic mass is 10.2. The van der Waals surface area contributed by atoms with Crippen molar-refractivity contribution in [2.24, 2.45) is 0 Å². The molecule has 100 valence electrons. The molecular formula is C13H13FN2O3. The van der Waals surface area contributed by atoms with E-state index >= 15 is 0 Å². The van der Waals surface area contributed by atoms with Crippen molar-refractivity contribution >= 4 is 11.4 Å². The highest BCUT2D eigenvalue weighted by Crippen LogP contribution is 2.24. The summed E-state index contributed by atoms with van der Waals surface area (Å²) in [6.07, 6.45) is 1.58. The van der Waals surface area contributed by atoms with Crippen LogP contribution < -0.4 is 4.90 Å². The Bertz CT molecular complexity index is 610. The number of aryl methyl sites for hydroxylation is 1. The van der Waals surface area contributed by atoms with Crippen molar-refractivity contribution < 1.29 is 13.7 Å². The van der Waals surface area contributed by atoms with Gasteiger partial charge in [-0.3, -0.25) is 10.1 Å². The molecule has 0 saturated heterocycles. The number of nitrogens with zero attached hydrogens (tertiary/aromatic N) is 2. The first kappa shape index (κ1) is 13.1. The summed E-state index contributed by atoms with van der Waals surface area (Å²) < 4.78 is 18.5. The summed E-state index contributed by atoms with van der Waals surface area (Å²) in [5.41, 5.74) is 1.15. The molecule has 0 atom stereocenters. The van der Waals surface area contributed by atoms with Crippen LogP contribution in [0.2, 0.25) is 0 Å². The maximum atomic E-state index is 13.4. The molecule has 0 N–H and O–H groups in total. The number of furan rings is 1. The minimum atomic E-state index is -0.625. The minimum Gasteiger partial charge on any atom is -0.469 e. The number of nitro benzene ring substituents is 1. The quantitative estimate of drug-likeness (QED) is 0.628. The van der Waals surface area contributed by atoms with Crippen LogP contribution in [0.15, 0.2) is 34.9 Å². The third-order valence-corrected chi connectivity index (χ3v) is 2.89. The third kappa shape index (κ3) is 2.90. The van der Waals surface area contributed by atoms with E-state index in [4.69, 9.17) is 4.42 Å². The van der Waals surface area contributed by atoms with E-state index in [1.807, 2.05) is 13.0 Å². The first-order chi connectivity index (χ1) is 8.97. The lowest BCUT2D eigenvalue weighted by Crippen LogP contribution is -2.16. The first-order valence-corrected chi connectivity index (χ1v) is 5.66. The summed E-state index contributed by atoms with van der Waals surface area (Å²) in [5, 5.41) is 10.7. The van der Waals surface area contributed by atoms with E-state index in [1.165, 1.54) is 12.1 Å². The lowest BCUT2D eigenvalue weighted by molar-refractivity contribution is -0.385. The van der Waals surface area contributed by atoms with E-state index < -0.39 is 10.7 Å². The molecular weight excluding hydrogens is 251 g/mol. The molecule has 1 aromatic heterocycles. The Kier molecular flexibility index (Phi) is 3.50. The zero-order valence-electron chi connectivity index (χ0n) is 10.6. The summed E-state index contributed by atoms with van der Waals surface area (Å²) >= 11 is 0. The number of hydrogen-bond donors (Lipinski definition) is 0. The highest BCUT2D eigenvalue weighted by atomic mass is 19.1. The van der Waals surface area contributed by atoms with Crippen molar-refractivity contribution in [2.45, 2.75) is 13.5 Å². The number of benzene rings is 1. The van der Waals surface area contributed by atoms with Crippen LogP contribution in [0.1, 0.15) is 11.3 Å². The zero-order valence-corrected chi connectivity index (χ0v) is 10.6. The van der Waals surface area contributed by atoms with Gasteiger partial charge in [0.2, 0.25) is 0 Å². The van der Waals surface area contributed by atoms with Crippen LogP contribution in [0.25, 0.3) is 0 Å². The third-order valence-electron chi connectivity index (χ3n) is 2.89.